The molecule has 0 unspecified atom stereocenters. The van der Waals surface area contributed by atoms with Crippen molar-refractivity contribution in [3.05, 3.63) is 46.8 Å². The lowest BCUT2D eigenvalue weighted by atomic mass is 10.2. The fourth-order valence-electron chi connectivity index (χ4n) is 3.05. The van der Waals surface area contributed by atoms with Gasteiger partial charge in [0.2, 0.25) is 0 Å². The average Bonchev–Trinajstić information content (AvgIpc) is 3.02. The molecule has 0 aliphatic carbocycles. The van der Waals surface area contributed by atoms with Crippen LogP contribution in [0.15, 0.2) is 46.3 Å². The summed E-state index contributed by atoms with van der Waals surface area (Å²) in [6.45, 7) is 1.11. The minimum atomic E-state index is -3.58. The first kappa shape index (κ1) is 19.2. The number of hydrogen-bond donors (Lipinski definition) is 0. The Morgan fingerprint density at radius 3 is 2.62 bits per heavy atom. The second-order valence-corrected chi connectivity index (χ2v) is 9.32. The number of ether oxygens (including phenoxy) is 2. The summed E-state index contributed by atoms with van der Waals surface area (Å²) in [6.07, 6.45) is 6.57. The van der Waals surface area contributed by atoms with E-state index in [2.05, 4.69) is 10.9 Å². The van der Waals surface area contributed by atoms with Gasteiger partial charge >= 0.3 is 0 Å². The first-order chi connectivity index (χ1) is 13.9. The van der Waals surface area contributed by atoms with Crippen molar-refractivity contribution < 1.29 is 22.7 Å². The van der Waals surface area contributed by atoms with Gasteiger partial charge < -0.3 is 14.0 Å². The lowest BCUT2D eigenvalue weighted by Crippen LogP contribution is -2.18. The molecule has 0 N–H and O–H groups in total. The zero-order chi connectivity index (χ0) is 20.6. The zero-order valence-electron chi connectivity index (χ0n) is 15.4. The number of hydrogen-bond acceptors (Lipinski definition) is 6. The van der Waals surface area contributed by atoms with Gasteiger partial charge in [-0.1, -0.05) is 29.4 Å². The van der Waals surface area contributed by atoms with Crippen LogP contribution in [0.4, 0.5) is 0 Å². The maximum absolute atomic E-state index is 12.8. The summed E-state index contributed by atoms with van der Waals surface area (Å²) < 4.78 is 37.8. The highest BCUT2D eigenvalue weighted by molar-refractivity contribution is 7.90. The van der Waals surface area contributed by atoms with Crippen LogP contribution in [0.5, 0.6) is 11.5 Å². The van der Waals surface area contributed by atoms with Crippen LogP contribution in [-0.4, -0.2) is 38.4 Å². The van der Waals surface area contributed by atoms with E-state index in [0.717, 1.165) is 16.5 Å². The predicted molar refractivity (Wildman–Crippen MR) is 109 cm³/mol. The zero-order valence-corrected chi connectivity index (χ0v) is 17.0. The number of rotatable bonds is 3. The number of sulfone groups is 1. The van der Waals surface area contributed by atoms with Gasteiger partial charge in [0.05, 0.1) is 27.2 Å². The van der Waals surface area contributed by atoms with Crippen molar-refractivity contribution >= 4 is 37.3 Å². The smallest absolute Gasteiger partial charge is 0.280 e. The SMILES string of the molecule is C#CCn1c(=NC(=O)c2ccccc2S(C)(=O)=O)sc2cc3c(cc21)OCCO3. The molecule has 7 nitrogen and oxygen atoms in total. The van der Waals surface area contributed by atoms with Crippen LogP contribution in [0, 0.1) is 12.3 Å². The van der Waals surface area contributed by atoms with Gasteiger partial charge in [-0.2, -0.15) is 4.99 Å². The van der Waals surface area contributed by atoms with Crippen LogP contribution in [0.25, 0.3) is 10.2 Å². The minimum absolute atomic E-state index is 0.0191. The van der Waals surface area contributed by atoms with Crippen molar-refractivity contribution in [2.45, 2.75) is 11.4 Å². The van der Waals surface area contributed by atoms with E-state index >= 15 is 0 Å². The molecule has 0 spiro atoms. The van der Waals surface area contributed by atoms with Crippen molar-refractivity contribution in [1.29, 1.82) is 0 Å². The standard InChI is InChI=1S/C20H16N2O5S2/c1-3-8-22-14-11-15-16(27-10-9-26-15)12-17(14)28-20(22)21-19(23)13-6-4-5-7-18(13)29(2,24)25/h1,4-7,11-12H,8-10H2,2H3. The third-order valence-corrected chi connectivity index (χ3v) is 6.51. The molecule has 0 saturated carbocycles. The molecule has 148 valence electrons. The van der Waals surface area contributed by atoms with E-state index in [4.69, 9.17) is 15.9 Å². The third kappa shape index (κ3) is 3.64. The molecule has 0 saturated heterocycles. The molecular formula is C20H16N2O5S2. The highest BCUT2D eigenvalue weighted by Gasteiger charge is 2.19. The molecule has 9 heteroatoms. The molecule has 0 bridgehead atoms. The summed E-state index contributed by atoms with van der Waals surface area (Å²) in [5.41, 5.74) is 0.783. The Hall–Kier alpha value is -3.09. The van der Waals surface area contributed by atoms with E-state index in [1.165, 1.54) is 23.5 Å². The minimum Gasteiger partial charge on any atom is -0.486 e. The molecule has 0 atom stereocenters. The number of fused-ring (bicyclic) bond motifs is 2. The van der Waals surface area contributed by atoms with Gasteiger partial charge in [0.1, 0.15) is 13.2 Å². The van der Waals surface area contributed by atoms with E-state index in [-0.39, 0.29) is 17.0 Å². The number of benzene rings is 2. The van der Waals surface area contributed by atoms with Crippen LogP contribution in [0.1, 0.15) is 10.4 Å². The molecule has 3 aromatic rings. The fraction of sp³-hybridized carbons (Fsp3) is 0.200. The number of carbonyl (C=O) groups excluding carboxylic acids is 1. The molecule has 1 aliphatic rings. The van der Waals surface area contributed by atoms with Gasteiger partial charge in [-0.05, 0) is 12.1 Å². The van der Waals surface area contributed by atoms with Gasteiger partial charge in [-0.3, -0.25) is 4.79 Å². The van der Waals surface area contributed by atoms with Crippen molar-refractivity contribution in [3.63, 3.8) is 0 Å². The summed E-state index contributed by atoms with van der Waals surface area (Å²) in [7, 11) is -3.58. The summed E-state index contributed by atoms with van der Waals surface area (Å²) in [6, 6.07) is 9.64. The second kappa shape index (κ2) is 7.39. The average molecular weight is 428 g/mol. The van der Waals surface area contributed by atoms with E-state index in [1.807, 2.05) is 12.1 Å². The maximum atomic E-state index is 12.8. The number of nitrogens with zero attached hydrogens (tertiary/aromatic N) is 2. The first-order valence-electron chi connectivity index (χ1n) is 8.63. The Morgan fingerprint density at radius 2 is 1.93 bits per heavy atom. The molecule has 29 heavy (non-hydrogen) atoms. The Bertz CT molecular complexity index is 1340. The Balaban J connectivity index is 1.90. The molecule has 0 radical (unpaired) electrons. The van der Waals surface area contributed by atoms with Gasteiger partial charge in [0.15, 0.2) is 26.1 Å². The maximum Gasteiger partial charge on any atom is 0.280 e. The Morgan fingerprint density at radius 1 is 1.24 bits per heavy atom. The van der Waals surface area contributed by atoms with E-state index < -0.39 is 15.7 Å². The predicted octanol–water partition coefficient (Wildman–Crippen LogP) is 2.25. The van der Waals surface area contributed by atoms with Crippen molar-refractivity contribution in [2.24, 2.45) is 4.99 Å². The summed E-state index contributed by atoms with van der Waals surface area (Å²) in [5.74, 6) is 3.14. The van der Waals surface area contributed by atoms with Crippen LogP contribution in [0.2, 0.25) is 0 Å². The topological polar surface area (TPSA) is 87.0 Å². The normalized spacial score (nSPS) is 14.0. The molecule has 4 rings (SSSR count). The second-order valence-electron chi connectivity index (χ2n) is 6.32. The summed E-state index contributed by atoms with van der Waals surface area (Å²) in [5, 5.41) is 0. The van der Waals surface area contributed by atoms with Crippen LogP contribution in [-0.2, 0) is 16.4 Å². The van der Waals surface area contributed by atoms with Gasteiger partial charge in [0, 0.05) is 18.4 Å². The summed E-state index contributed by atoms with van der Waals surface area (Å²) in [4.78, 5) is 17.3. The van der Waals surface area contributed by atoms with E-state index in [1.54, 1.807) is 16.7 Å². The lowest BCUT2D eigenvalue weighted by Gasteiger charge is -2.18. The van der Waals surface area contributed by atoms with Crippen molar-refractivity contribution in [1.82, 2.24) is 4.57 Å². The number of aromatic nitrogens is 1. The van der Waals surface area contributed by atoms with Crippen LogP contribution < -0.4 is 14.3 Å². The Kier molecular flexibility index (Phi) is 4.90. The fourth-order valence-corrected chi connectivity index (χ4v) is 4.97. The lowest BCUT2D eigenvalue weighted by molar-refractivity contribution is 0.0994. The molecule has 1 amide bonds. The third-order valence-electron chi connectivity index (χ3n) is 4.31. The monoisotopic (exact) mass is 428 g/mol. The molecule has 0 fully saturated rings. The molecule has 1 aromatic heterocycles. The van der Waals surface area contributed by atoms with Gasteiger partial charge in [-0.15, -0.1) is 6.42 Å². The molecular weight excluding hydrogens is 412 g/mol. The number of thiazole rings is 1. The highest BCUT2D eigenvalue weighted by atomic mass is 32.2. The molecule has 2 heterocycles. The number of amides is 1. The van der Waals surface area contributed by atoms with Crippen LogP contribution in [0.3, 0.4) is 0 Å². The van der Waals surface area contributed by atoms with Gasteiger partial charge in [-0.25, -0.2) is 8.42 Å². The molecule has 1 aliphatic heterocycles. The largest absolute Gasteiger partial charge is 0.486 e. The number of carbonyl (C=O) groups is 1. The number of terminal acetylenes is 1. The first-order valence-corrected chi connectivity index (χ1v) is 11.3. The van der Waals surface area contributed by atoms with Crippen LogP contribution >= 0.6 is 11.3 Å². The van der Waals surface area contributed by atoms with E-state index in [0.29, 0.717) is 29.5 Å². The molecule has 2 aromatic carbocycles. The van der Waals surface area contributed by atoms with E-state index in [9.17, 15) is 13.2 Å². The Labute approximate surface area is 171 Å². The quantitative estimate of drug-likeness (QED) is 0.597. The summed E-state index contributed by atoms with van der Waals surface area (Å²) >= 11 is 1.27. The van der Waals surface area contributed by atoms with Crippen molar-refractivity contribution in [2.75, 3.05) is 19.5 Å². The highest BCUT2D eigenvalue weighted by Crippen LogP contribution is 2.35. The van der Waals surface area contributed by atoms with Crippen molar-refractivity contribution in [3.8, 4) is 23.8 Å². The van der Waals surface area contributed by atoms with Gasteiger partial charge in [0.25, 0.3) is 5.91 Å².